The number of carbonyl (C=O) groups is 1. The number of hydrogen-bond donors (Lipinski definition) is 0. The summed E-state index contributed by atoms with van der Waals surface area (Å²) in [5, 5.41) is 11.1. The van der Waals surface area contributed by atoms with Crippen molar-refractivity contribution in [1.29, 1.82) is 0 Å². The summed E-state index contributed by atoms with van der Waals surface area (Å²) in [6, 6.07) is 6.77. The van der Waals surface area contributed by atoms with Crippen molar-refractivity contribution in [2.24, 2.45) is 0 Å². The Morgan fingerprint density at radius 2 is 2.17 bits per heavy atom. The van der Waals surface area contributed by atoms with E-state index in [2.05, 4.69) is 0 Å². The predicted molar refractivity (Wildman–Crippen MR) is 43.8 cm³/mol. The molecule has 62 valence electrons. The van der Waals surface area contributed by atoms with Crippen molar-refractivity contribution in [3.8, 4) is 5.75 Å². The molecule has 4 heteroatoms. The van der Waals surface area contributed by atoms with Crippen LogP contribution in [-0.2, 0) is 4.52 Å². The number of fused-ring (bicyclic) bond motifs is 1. The topological polar surface area (TPSA) is 42.8 Å². The van der Waals surface area contributed by atoms with Gasteiger partial charge >= 0.3 is 0 Å². The van der Waals surface area contributed by atoms with Crippen LogP contribution >= 0.6 is 11.8 Å². The van der Waals surface area contributed by atoms with Gasteiger partial charge in [-0.15, -0.1) is 0 Å². The van der Waals surface area contributed by atoms with E-state index in [1.165, 1.54) is 0 Å². The lowest BCUT2D eigenvalue weighted by Gasteiger charge is -2.28. The maximum Gasteiger partial charge on any atom is 0.277 e. The SMILES string of the molecule is O=C1SC[O+]([O-])c2ccccc21. The number of rotatable bonds is 0. The smallest absolute Gasteiger partial charge is 0.277 e. The Morgan fingerprint density at radius 1 is 1.42 bits per heavy atom. The van der Waals surface area contributed by atoms with E-state index >= 15 is 0 Å². The monoisotopic (exact) mass is 182 g/mol. The summed E-state index contributed by atoms with van der Waals surface area (Å²) in [5.41, 5.74) is 0.480. The minimum absolute atomic E-state index is 0.0369. The van der Waals surface area contributed by atoms with Gasteiger partial charge in [0.2, 0.25) is 11.1 Å². The molecule has 0 fully saturated rings. The Bertz CT molecular complexity index is 324. The predicted octanol–water partition coefficient (Wildman–Crippen LogP) is 1.07. The first-order valence-electron chi connectivity index (χ1n) is 3.43. The Labute approximate surface area is 73.6 Å². The summed E-state index contributed by atoms with van der Waals surface area (Å²) in [6.45, 7) is 0. The van der Waals surface area contributed by atoms with Crippen LogP contribution in [0.1, 0.15) is 10.4 Å². The fourth-order valence-corrected chi connectivity index (χ4v) is 1.75. The molecule has 0 radical (unpaired) electrons. The number of benzene rings is 1. The zero-order valence-electron chi connectivity index (χ0n) is 6.15. The molecule has 0 saturated carbocycles. The molecule has 3 nitrogen and oxygen atoms in total. The molecule has 0 spiro atoms. The molecule has 1 heterocycles. The van der Waals surface area contributed by atoms with Gasteiger partial charge in [-0.2, -0.15) is 0 Å². The van der Waals surface area contributed by atoms with Crippen LogP contribution in [0.5, 0.6) is 5.75 Å². The van der Waals surface area contributed by atoms with Crippen LogP contribution in [0.25, 0.3) is 0 Å². The van der Waals surface area contributed by atoms with Crippen molar-refractivity contribution in [1.82, 2.24) is 0 Å². The lowest BCUT2D eigenvalue weighted by atomic mass is 10.2. The van der Waals surface area contributed by atoms with Gasteiger partial charge in [-0.1, -0.05) is 12.1 Å². The Morgan fingerprint density at radius 3 is 2.92 bits per heavy atom. The van der Waals surface area contributed by atoms with E-state index in [-0.39, 0.29) is 11.1 Å². The summed E-state index contributed by atoms with van der Waals surface area (Å²) in [5.74, 6) is 0.525. The first kappa shape index (κ1) is 7.64. The Hall–Kier alpha value is -1.00. The largest absolute Gasteiger partial charge is 0.557 e. The van der Waals surface area contributed by atoms with Gasteiger partial charge in [-0.05, 0) is 6.07 Å². The van der Waals surface area contributed by atoms with Crippen molar-refractivity contribution in [3.05, 3.63) is 29.8 Å². The summed E-state index contributed by atoms with van der Waals surface area (Å²) in [7, 11) is 0. The van der Waals surface area contributed by atoms with E-state index in [1.807, 2.05) is 0 Å². The lowest BCUT2D eigenvalue weighted by Crippen LogP contribution is -2.25. The first-order chi connectivity index (χ1) is 5.79. The summed E-state index contributed by atoms with van der Waals surface area (Å²) in [6.07, 6.45) is 0. The van der Waals surface area contributed by atoms with E-state index in [1.54, 1.807) is 28.8 Å². The Kier molecular flexibility index (Phi) is 1.78. The lowest BCUT2D eigenvalue weighted by molar-refractivity contribution is -0.760. The molecule has 0 amide bonds. The van der Waals surface area contributed by atoms with Gasteiger partial charge in [0.15, 0.2) is 0 Å². The normalized spacial score (nSPS) is 16.1. The fraction of sp³-hybridized carbons (Fsp3) is 0.125. The molecular formula is C8H6O3S. The highest BCUT2D eigenvalue weighted by Gasteiger charge is 2.25. The third-order valence-corrected chi connectivity index (χ3v) is 2.46. The molecule has 0 unspecified atom stereocenters. The standard InChI is InChI=1S/C8H6O3S/c9-8-6-3-1-2-4-7(6)11(10)5-12-8/h1-4H,5H2. The van der Waals surface area contributed by atoms with Gasteiger partial charge in [0.05, 0.1) is 0 Å². The minimum atomic E-state index is -0.0369. The van der Waals surface area contributed by atoms with Gasteiger partial charge in [0, 0.05) is 17.8 Å². The van der Waals surface area contributed by atoms with E-state index < -0.39 is 0 Å². The fourth-order valence-electron chi connectivity index (χ4n) is 1.08. The van der Waals surface area contributed by atoms with Crippen molar-refractivity contribution in [3.63, 3.8) is 0 Å². The number of carbonyl (C=O) groups excluding carboxylic acids is 1. The quantitative estimate of drug-likeness (QED) is 0.445. The molecule has 1 aliphatic rings. The minimum Gasteiger partial charge on any atom is -0.557 e. The van der Waals surface area contributed by atoms with E-state index in [0.29, 0.717) is 11.3 Å². The third-order valence-electron chi connectivity index (χ3n) is 1.65. The first-order valence-corrected chi connectivity index (χ1v) is 4.42. The molecule has 0 aliphatic carbocycles. The summed E-state index contributed by atoms with van der Waals surface area (Å²) >= 11 is 1.01. The number of thioether (sulfide) groups is 1. The van der Waals surface area contributed by atoms with Crippen LogP contribution in [0.3, 0.4) is 0 Å². The maximum atomic E-state index is 11.2. The average Bonchev–Trinajstić information content (AvgIpc) is 2.12. The average molecular weight is 182 g/mol. The van der Waals surface area contributed by atoms with Gasteiger partial charge in [0.25, 0.3) is 5.75 Å². The van der Waals surface area contributed by atoms with Gasteiger partial charge in [-0.3, -0.25) is 4.79 Å². The van der Waals surface area contributed by atoms with Gasteiger partial charge in [-0.25, -0.2) is 0 Å². The second-order valence-electron chi connectivity index (χ2n) is 2.39. The molecule has 0 saturated heterocycles. The zero-order valence-corrected chi connectivity index (χ0v) is 6.97. The molecule has 12 heavy (non-hydrogen) atoms. The molecule has 0 N–H and O–H groups in total. The van der Waals surface area contributed by atoms with Crippen LogP contribution < -0.4 is 5.26 Å². The van der Waals surface area contributed by atoms with Crippen LogP contribution in [-0.4, -0.2) is 11.1 Å². The number of hydrogen-bond acceptors (Lipinski definition) is 3. The van der Waals surface area contributed by atoms with Gasteiger partial charge < -0.3 is 9.78 Å². The molecule has 1 aliphatic heterocycles. The van der Waals surface area contributed by atoms with Crippen molar-refractivity contribution in [2.45, 2.75) is 0 Å². The van der Waals surface area contributed by atoms with Crippen LogP contribution in [0.2, 0.25) is 0 Å². The molecule has 1 aromatic rings. The number of para-hydroxylation sites is 1. The molecular weight excluding hydrogens is 176 g/mol. The molecule has 1 aromatic carbocycles. The summed E-state index contributed by atoms with van der Waals surface area (Å²) < 4.78 is 1.62. The zero-order chi connectivity index (χ0) is 8.55. The highest BCUT2D eigenvalue weighted by molar-refractivity contribution is 8.14. The van der Waals surface area contributed by atoms with Gasteiger partial charge in [0.1, 0.15) is 5.56 Å². The van der Waals surface area contributed by atoms with E-state index in [0.717, 1.165) is 11.8 Å². The van der Waals surface area contributed by atoms with E-state index in [9.17, 15) is 10.1 Å². The highest BCUT2D eigenvalue weighted by Crippen LogP contribution is 2.34. The molecule has 0 aromatic heterocycles. The second kappa shape index (κ2) is 2.80. The van der Waals surface area contributed by atoms with Crippen molar-refractivity contribution < 1.29 is 14.6 Å². The maximum absolute atomic E-state index is 11.2. The molecule has 0 bridgehead atoms. The Balaban J connectivity index is 2.55. The van der Waals surface area contributed by atoms with Crippen molar-refractivity contribution in [2.75, 3.05) is 5.94 Å². The van der Waals surface area contributed by atoms with Crippen LogP contribution in [0.4, 0.5) is 0 Å². The van der Waals surface area contributed by atoms with Crippen LogP contribution in [0, 0.1) is 0 Å². The summed E-state index contributed by atoms with van der Waals surface area (Å²) in [4.78, 5) is 11.2. The van der Waals surface area contributed by atoms with E-state index in [4.69, 9.17) is 0 Å². The van der Waals surface area contributed by atoms with Crippen molar-refractivity contribution >= 4 is 16.9 Å². The third kappa shape index (κ3) is 1.09. The molecule has 2 rings (SSSR count). The van der Waals surface area contributed by atoms with Crippen LogP contribution in [0.15, 0.2) is 24.3 Å². The second-order valence-corrected chi connectivity index (χ2v) is 3.29. The molecule has 0 atom stereocenters. The highest BCUT2D eigenvalue weighted by atomic mass is 32.2.